The first kappa shape index (κ1) is 18.1. The van der Waals surface area contributed by atoms with Crippen LogP contribution in [0.25, 0.3) is 10.8 Å². The number of halogens is 1. The Bertz CT molecular complexity index is 1070. The predicted octanol–water partition coefficient (Wildman–Crippen LogP) is 4.27. The quantitative estimate of drug-likeness (QED) is 0.724. The summed E-state index contributed by atoms with van der Waals surface area (Å²) in [6, 6.07) is 10.4. The minimum Gasteiger partial charge on any atom is -0.490 e. The van der Waals surface area contributed by atoms with Gasteiger partial charge in [-0.3, -0.25) is 9.71 Å². The highest BCUT2D eigenvalue weighted by Crippen LogP contribution is 2.30. The van der Waals surface area contributed by atoms with Crippen molar-refractivity contribution >= 4 is 26.5 Å². The van der Waals surface area contributed by atoms with Crippen molar-refractivity contribution in [3.05, 3.63) is 60.2 Å². The van der Waals surface area contributed by atoms with Crippen LogP contribution in [0.2, 0.25) is 0 Å². The van der Waals surface area contributed by atoms with Crippen molar-refractivity contribution in [3.8, 4) is 5.75 Å². The van der Waals surface area contributed by atoms with Gasteiger partial charge >= 0.3 is 0 Å². The molecule has 136 valence electrons. The molecule has 1 aromatic heterocycles. The summed E-state index contributed by atoms with van der Waals surface area (Å²) in [6.07, 6.45) is 1.37. The smallest absolute Gasteiger partial charge is 0.265 e. The predicted molar refractivity (Wildman–Crippen MR) is 99.5 cm³/mol. The number of rotatable bonds is 5. The van der Waals surface area contributed by atoms with Gasteiger partial charge in [-0.25, -0.2) is 12.8 Å². The molecule has 7 heteroatoms. The van der Waals surface area contributed by atoms with Gasteiger partial charge in [-0.1, -0.05) is 12.1 Å². The topological polar surface area (TPSA) is 68.3 Å². The van der Waals surface area contributed by atoms with Crippen molar-refractivity contribution < 1.29 is 17.5 Å². The molecule has 3 rings (SSSR count). The third-order valence-corrected chi connectivity index (χ3v) is 5.19. The molecule has 0 aliphatic heterocycles. The zero-order valence-corrected chi connectivity index (χ0v) is 15.5. The van der Waals surface area contributed by atoms with E-state index >= 15 is 0 Å². The second-order valence-corrected chi connectivity index (χ2v) is 7.81. The number of anilines is 1. The highest BCUT2D eigenvalue weighted by molar-refractivity contribution is 7.92. The van der Waals surface area contributed by atoms with Crippen LogP contribution in [0.5, 0.6) is 5.75 Å². The highest BCUT2D eigenvalue weighted by Gasteiger charge is 2.22. The summed E-state index contributed by atoms with van der Waals surface area (Å²) in [6.45, 7) is 5.39. The van der Waals surface area contributed by atoms with Crippen molar-refractivity contribution in [3.63, 3.8) is 0 Å². The Balaban J connectivity index is 2.09. The molecule has 26 heavy (non-hydrogen) atoms. The lowest BCUT2D eigenvalue weighted by Gasteiger charge is -2.16. The first-order valence-corrected chi connectivity index (χ1v) is 9.59. The summed E-state index contributed by atoms with van der Waals surface area (Å²) >= 11 is 0. The Hall–Kier alpha value is -2.67. The maximum Gasteiger partial charge on any atom is 0.265 e. The zero-order valence-electron chi connectivity index (χ0n) is 14.7. The van der Waals surface area contributed by atoms with Crippen LogP contribution in [-0.2, 0) is 10.0 Å². The van der Waals surface area contributed by atoms with Crippen molar-refractivity contribution in [2.75, 3.05) is 4.72 Å². The number of hydrogen-bond donors (Lipinski definition) is 1. The molecule has 0 atom stereocenters. The van der Waals surface area contributed by atoms with Crippen LogP contribution >= 0.6 is 0 Å². The summed E-state index contributed by atoms with van der Waals surface area (Å²) in [4.78, 5) is 3.97. The van der Waals surface area contributed by atoms with Gasteiger partial charge in [0.15, 0.2) is 0 Å². The van der Waals surface area contributed by atoms with Crippen LogP contribution < -0.4 is 9.46 Å². The number of pyridine rings is 1. The van der Waals surface area contributed by atoms with E-state index in [0.29, 0.717) is 11.1 Å². The van der Waals surface area contributed by atoms with Crippen LogP contribution in [0.1, 0.15) is 19.5 Å². The molecule has 0 saturated heterocycles. The SMILES string of the molecule is Cc1nccc2c(NS(=O)(=O)c3cc(F)ccc3OC(C)C)cccc12. The molecule has 2 aromatic carbocycles. The van der Waals surface area contributed by atoms with Gasteiger partial charge < -0.3 is 4.74 Å². The molecule has 0 spiro atoms. The van der Waals surface area contributed by atoms with E-state index in [4.69, 9.17) is 4.74 Å². The number of aryl methyl sites for hydroxylation is 1. The van der Waals surface area contributed by atoms with Crippen LogP contribution in [-0.4, -0.2) is 19.5 Å². The molecular weight excluding hydrogens is 355 g/mol. The summed E-state index contributed by atoms with van der Waals surface area (Å²) in [7, 11) is -4.05. The molecule has 0 bridgehead atoms. The molecule has 5 nitrogen and oxygen atoms in total. The molecule has 1 N–H and O–H groups in total. The fraction of sp³-hybridized carbons (Fsp3) is 0.211. The Kier molecular flexibility index (Phi) is 4.82. The van der Waals surface area contributed by atoms with E-state index in [-0.39, 0.29) is 16.7 Å². The fourth-order valence-electron chi connectivity index (χ4n) is 2.69. The molecule has 0 radical (unpaired) electrons. The molecule has 0 aliphatic carbocycles. The normalized spacial score (nSPS) is 11.7. The minimum atomic E-state index is -4.05. The van der Waals surface area contributed by atoms with Gasteiger partial charge in [0.1, 0.15) is 16.5 Å². The number of aromatic nitrogens is 1. The molecule has 0 aliphatic rings. The zero-order chi connectivity index (χ0) is 18.9. The molecule has 0 saturated carbocycles. The number of ether oxygens (including phenoxy) is 1. The largest absolute Gasteiger partial charge is 0.490 e. The van der Waals surface area contributed by atoms with Gasteiger partial charge in [0.2, 0.25) is 0 Å². The van der Waals surface area contributed by atoms with Crippen molar-refractivity contribution in [1.29, 1.82) is 0 Å². The van der Waals surface area contributed by atoms with E-state index in [1.807, 2.05) is 13.0 Å². The number of hydrogen-bond acceptors (Lipinski definition) is 4. The van der Waals surface area contributed by atoms with Gasteiger partial charge in [-0.15, -0.1) is 0 Å². The lowest BCUT2D eigenvalue weighted by molar-refractivity contribution is 0.235. The second-order valence-electron chi connectivity index (χ2n) is 6.16. The number of benzene rings is 2. The lowest BCUT2D eigenvalue weighted by Crippen LogP contribution is -2.16. The first-order chi connectivity index (χ1) is 12.3. The number of nitrogens with one attached hydrogen (secondary N) is 1. The second kappa shape index (κ2) is 6.92. The maximum atomic E-state index is 13.7. The van der Waals surface area contributed by atoms with Crippen molar-refractivity contribution in [1.82, 2.24) is 4.98 Å². The highest BCUT2D eigenvalue weighted by atomic mass is 32.2. The third kappa shape index (κ3) is 3.62. The van der Waals surface area contributed by atoms with Crippen LogP contribution in [0.3, 0.4) is 0 Å². The summed E-state index contributed by atoms with van der Waals surface area (Å²) < 4.78 is 47.6. The summed E-state index contributed by atoms with van der Waals surface area (Å²) in [5, 5.41) is 1.55. The Morgan fingerprint density at radius 2 is 1.88 bits per heavy atom. The van der Waals surface area contributed by atoms with E-state index in [1.165, 1.54) is 12.1 Å². The van der Waals surface area contributed by atoms with E-state index in [1.54, 1.807) is 38.2 Å². The van der Waals surface area contributed by atoms with E-state index < -0.39 is 15.8 Å². The monoisotopic (exact) mass is 374 g/mol. The third-order valence-electron chi connectivity index (χ3n) is 3.81. The van der Waals surface area contributed by atoms with Gasteiger partial charge in [-0.05, 0) is 51.1 Å². The van der Waals surface area contributed by atoms with E-state index in [9.17, 15) is 12.8 Å². The molecule has 0 fully saturated rings. The fourth-order valence-corrected chi connectivity index (χ4v) is 3.91. The van der Waals surface area contributed by atoms with Crippen LogP contribution in [0, 0.1) is 12.7 Å². The van der Waals surface area contributed by atoms with E-state index in [2.05, 4.69) is 9.71 Å². The van der Waals surface area contributed by atoms with Gasteiger partial charge in [0.05, 0.1) is 11.8 Å². The minimum absolute atomic E-state index is 0.104. The molecular formula is C19H19FN2O3S. The Morgan fingerprint density at radius 3 is 2.62 bits per heavy atom. The van der Waals surface area contributed by atoms with Crippen molar-refractivity contribution in [2.24, 2.45) is 0 Å². The Morgan fingerprint density at radius 1 is 1.12 bits per heavy atom. The number of nitrogens with zero attached hydrogens (tertiary/aromatic N) is 1. The van der Waals surface area contributed by atoms with Crippen molar-refractivity contribution in [2.45, 2.75) is 31.8 Å². The standard InChI is InChI=1S/C19H19FN2O3S/c1-12(2)25-18-8-7-14(20)11-19(18)26(23,24)22-17-6-4-5-15-13(3)21-10-9-16(15)17/h4-12,22H,1-3H3. The van der Waals surface area contributed by atoms with Gasteiger partial charge in [0.25, 0.3) is 10.0 Å². The van der Waals surface area contributed by atoms with Crippen LogP contribution in [0.4, 0.5) is 10.1 Å². The van der Waals surface area contributed by atoms with Gasteiger partial charge in [-0.2, -0.15) is 0 Å². The Labute approximate surface area is 151 Å². The average Bonchev–Trinajstić information content (AvgIpc) is 2.57. The number of sulfonamides is 1. The maximum absolute atomic E-state index is 13.7. The molecule has 0 unspecified atom stereocenters. The molecule has 0 amide bonds. The summed E-state index contributed by atoms with van der Waals surface area (Å²) in [5.74, 6) is -0.550. The lowest BCUT2D eigenvalue weighted by atomic mass is 10.1. The number of fused-ring (bicyclic) bond motifs is 1. The molecule has 1 heterocycles. The molecule has 3 aromatic rings. The average molecular weight is 374 g/mol. The summed E-state index contributed by atoms with van der Waals surface area (Å²) in [5.41, 5.74) is 1.19. The van der Waals surface area contributed by atoms with Crippen LogP contribution in [0.15, 0.2) is 53.6 Å². The first-order valence-electron chi connectivity index (χ1n) is 8.11. The van der Waals surface area contributed by atoms with Gasteiger partial charge in [0, 0.05) is 22.7 Å². The van der Waals surface area contributed by atoms with E-state index in [0.717, 1.165) is 17.1 Å².